The molecule has 6 nitrogen and oxygen atoms in total. The molecule has 0 bridgehead atoms. The first-order chi connectivity index (χ1) is 17.1. The highest BCUT2D eigenvalue weighted by atomic mass is 35.5. The van der Waals surface area contributed by atoms with Gasteiger partial charge in [0.1, 0.15) is 17.3 Å². The summed E-state index contributed by atoms with van der Waals surface area (Å²) in [6.45, 7) is 4.46. The van der Waals surface area contributed by atoms with Crippen LogP contribution in [-0.2, 0) is 11.3 Å². The fourth-order valence-electron chi connectivity index (χ4n) is 4.63. The maximum absolute atomic E-state index is 13.0. The van der Waals surface area contributed by atoms with Gasteiger partial charge in [0.25, 0.3) is 0 Å². The highest BCUT2D eigenvalue weighted by Gasteiger charge is 2.34. The summed E-state index contributed by atoms with van der Waals surface area (Å²) in [5.41, 5.74) is 2.91. The number of carbonyl (C=O) groups excluding carboxylic acids is 1. The van der Waals surface area contributed by atoms with Crippen LogP contribution in [0.25, 0.3) is 11.0 Å². The Bertz CT molecular complexity index is 1320. The fraction of sp³-hybridized carbons (Fsp3) is 0.286. The van der Waals surface area contributed by atoms with Crippen molar-refractivity contribution in [1.29, 1.82) is 0 Å². The number of fused-ring (bicyclic) bond motifs is 1. The molecule has 2 heterocycles. The molecule has 1 aromatic heterocycles. The van der Waals surface area contributed by atoms with Crippen molar-refractivity contribution in [3.63, 3.8) is 0 Å². The zero-order valence-corrected chi connectivity index (χ0v) is 20.4. The molecule has 5 rings (SSSR count). The molecule has 0 unspecified atom stereocenters. The smallest absolute Gasteiger partial charge is 0.227 e. The summed E-state index contributed by atoms with van der Waals surface area (Å²) in [6.07, 6.45) is 1.23. The topological polar surface area (TPSA) is 56.6 Å². The lowest BCUT2D eigenvalue weighted by Gasteiger charge is -2.18. The molecule has 1 saturated heterocycles. The number of carbonyl (C=O) groups is 1. The number of halogens is 1. The normalized spacial score (nSPS) is 15.7. The van der Waals surface area contributed by atoms with Crippen LogP contribution in [-0.4, -0.2) is 35.2 Å². The minimum absolute atomic E-state index is 0.0194. The van der Waals surface area contributed by atoms with E-state index in [9.17, 15) is 4.79 Å². The van der Waals surface area contributed by atoms with Crippen molar-refractivity contribution in [3.8, 4) is 11.5 Å². The molecule has 0 N–H and O–H groups in total. The van der Waals surface area contributed by atoms with E-state index in [1.165, 1.54) is 0 Å². The van der Waals surface area contributed by atoms with E-state index in [0.717, 1.165) is 41.3 Å². The van der Waals surface area contributed by atoms with Gasteiger partial charge in [-0.3, -0.25) is 4.79 Å². The lowest BCUT2D eigenvalue weighted by atomic mass is 10.1. The molecule has 1 aliphatic rings. The number of rotatable bonds is 9. The van der Waals surface area contributed by atoms with Crippen molar-refractivity contribution in [2.75, 3.05) is 24.7 Å². The number of nitrogens with zero attached hydrogens (tertiary/aromatic N) is 3. The average Bonchev–Trinajstić information content (AvgIpc) is 3.44. The number of anilines is 1. The van der Waals surface area contributed by atoms with Crippen molar-refractivity contribution < 1.29 is 14.3 Å². The number of hydrogen-bond acceptors (Lipinski definition) is 4. The number of imidazole rings is 1. The predicted octanol–water partition coefficient (Wildman–Crippen LogP) is 6.08. The van der Waals surface area contributed by atoms with E-state index in [2.05, 4.69) is 10.6 Å². The second-order valence-corrected chi connectivity index (χ2v) is 8.98. The molecule has 4 aromatic rings. The Labute approximate surface area is 210 Å². The van der Waals surface area contributed by atoms with Gasteiger partial charge in [0.2, 0.25) is 5.91 Å². The summed E-state index contributed by atoms with van der Waals surface area (Å²) in [4.78, 5) is 19.8. The Hall–Kier alpha value is -3.51. The Morgan fingerprint density at radius 3 is 2.57 bits per heavy atom. The average molecular weight is 490 g/mol. The van der Waals surface area contributed by atoms with Crippen LogP contribution in [0.2, 0.25) is 5.02 Å². The monoisotopic (exact) mass is 489 g/mol. The largest absolute Gasteiger partial charge is 0.494 e. The first-order valence-corrected chi connectivity index (χ1v) is 12.4. The van der Waals surface area contributed by atoms with Gasteiger partial charge < -0.3 is 18.9 Å². The van der Waals surface area contributed by atoms with Crippen LogP contribution in [0.4, 0.5) is 5.69 Å². The fourth-order valence-corrected chi connectivity index (χ4v) is 4.82. The Morgan fingerprint density at radius 2 is 1.77 bits per heavy atom. The van der Waals surface area contributed by atoms with Gasteiger partial charge in [0, 0.05) is 31.1 Å². The van der Waals surface area contributed by atoms with Crippen LogP contribution in [0.3, 0.4) is 0 Å². The lowest BCUT2D eigenvalue weighted by Crippen LogP contribution is -2.24. The maximum Gasteiger partial charge on any atom is 0.227 e. The molecule has 1 fully saturated rings. The molecule has 0 saturated carbocycles. The van der Waals surface area contributed by atoms with Crippen LogP contribution in [0.5, 0.6) is 11.5 Å². The first-order valence-electron chi connectivity index (χ1n) is 12.0. The summed E-state index contributed by atoms with van der Waals surface area (Å²) in [5.74, 6) is 2.58. The summed E-state index contributed by atoms with van der Waals surface area (Å²) in [6, 6.07) is 23.3. The molecule has 1 aliphatic heterocycles. The SMILES string of the molecule is CCOc1ccc(N2C[C@H](c3nc4ccccc4n3CCCOc3ccccc3Cl)CC2=O)cc1. The molecule has 1 atom stereocenters. The Morgan fingerprint density at radius 1 is 1.00 bits per heavy atom. The van der Waals surface area contributed by atoms with Gasteiger partial charge in [0.15, 0.2) is 0 Å². The van der Waals surface area contributed by atoms with E-state index in [0.29, 0.717) is 37.0 Å². The van der Waals surface area contributed by atoms with Crippen LogP contribution >= 0.6 is 11.6 Å². The first kappa shape index (κ1) is 23.2. The van der Waals surface area contributed by atoms with Gasteiger partial charge in [-0.05, 0) is 61.9 Å². The van der Waals surface area contributed by atoms with Gasteiger partial charge in [-0.1, -0.05) is 35.9 Å². The molecule has 180 valence electrons. The van der Waals surface area contributed by atoms with Crippen LogP contribution in [0.1, 0.15) is 31.5 Å². The van der Waals surface area contributed by atoms with Crippen molar-refractivity contribution in [1.82, 2.24) is 9.55 Å². The van der Waals surface area contributed by atoms with Crippen LogP contribution < -0.4 is 14.4 Å². The lowest BCUT2D eigenvalue weighted by molar-refractivity contribution is -0.117. The molecule has 1 amide bonds. The van der Waals surface area contributed by atoms with E-state index in [4.69, 9.17) is 26.1 Å². The van der Waals surface area contributed by atoms with E-state index in [1.54, 1.807) is 0 Å². The molecular formula is C28H28ClN3O3. The van der Waals surface area contributed by atoms with Crippen LogP contribution in [0, 0.1) is 0 Å². The number of ether oxygens (including phenoxy) is 2. The summed E-state index contributed by atoms with van der Waals surface area (Å²) in [7, 11) is 0. The van der Waals surface area contributed by atoms with Crippen molar-refractivity contribution >= 4 is 34.2 Å². The summed E-state index contributed by atoms with van der Waals surface area (Å²) >= 11 is 6.21. The highest BCUT2D eigenvalue weighted by Crippen LogP contribution is 2.34. The third kappa shape index (κ3) is 4.98. The minimum Gasteiger partial charge on any atom is -0.494 e. The van der Waals surface area contributed by atoms with Gasteiger partial charge in [-0.2, -0.15) is 0 Å². The van der Waals surface area contributed by atoms with Crippen molar-refractivity contribution in [2.45, 2.75) is 32.2 Å². The zero-order valence-electron chi connectivity index (χ0n) is 19.7. The molecule has 0 aliphatic carbocycles. The number of amides is 1. The molecule has 3 aromatic carbocycles. The minimum atomic E-state index is 0.0194. The third-order valence-electron chi connectivity index (χ3n) is 6.25. The standard InChI is InChI=1S/C28H28ClN3O3/c1-2-34-22-14-12-21(13-15-22)32-19-20(18-27(32)33)28-30-24-9-4-5-10-25(24)31(28)16-7-17-35-26-11-6-3-8-23(26)29/h3-6,8-15,20H,2,7,16-19H2,1H3/t20-/m1/s1. The summed E-state index contributed by atoms with van der Waals surface area (Å²) in [5, 5.41) is 0.611. The second-order valence-electron chi connectivity index (χ2n) is 8.58. The van der Waals surface area contributed by atoms with E-state index in [-0.39, 0.29) is 11.8 Å². The highest BCUT2D eigenvalue weighted by molar-refractivity contribution is 6.32. The molecule has 35 heavy (non-hydrogen) atoms. The van der Waals surface area contributed by atoms with E-state index in [1.807, 2.05) is 78.6 Å². The maximum atomic E-state index is 13.0. The van der Waals surface area contributed by atoms with Crippen molar-refractivity contribution in [3.05, 3.63) is 83.6 Å². The van der Waals surface area contributed by atoms with Gasteiger partial charge in [0.05, 0.1) is 29.3 Å². The summed E-state index contributed by atoms with van der Waals surface area (Å²) < 4.78 is 13.7. The number of aromatic nitrogens is 2. The second kappa shape index (κ2) is 10.4. The van der Waals surface area contributed by atoms with E-state index >= 15 is 0 Å². The molecular weight excluding hydrogens is 462 g/mol. The third-order valence-corrected chi connectivity index (χ3v) is 6.57. The zero-order chi connectivity index (χ0) is 24.2. The van der Waals surface area contributed by atoms with E-state index < -0.39 is 0 Å². The number of aryl methyl sites for hydroxylation is 1. The molecule has 0 radical (unpaired) electrons. The van der Waals surface area contributed by atoms with Crippen molar-refractivity contribution in [2.24, 2.45) is 0 Å². The van der Waals surface area contributed by atoms with Gasteiger partial charge in [-0.15, -0.1) is 0 Å². The number of benzene rings is 3. The molecule has 0 spiro atoms. The quantitative estimate of drug-likeness (QED) is 0.267. The van der Waals surface area contributed by atoms with Gasteiger partial charge in [-0.25, -0.2) is 4.98 Å². The van der Waals surface area contributed by atoms with Crippen LogP contribution in [0.15, 0.2) is 72.8 Å². The Kier molecular flexibility index (Phi) is 6.91. The van der Waals surface area contributed by atoms with Gasteiger partial charge >= 0.3 is 0 Å². The Balaban J connectivity index is 1.33. The number of para-hydroxylation sites is 3. The number of hydrogen-bond donors (Lipinski definition) is 0. The predicted molar refractivity (Wildman–Crippen MR) is 139 cm³/mol. The molecule has 7 heteroatoms.